The number of carbonyl (C=O) groups is 1. The Morgan fingerprint density at radius 1 is 1.58 bits per heavy atom. The van der Waals surface area contributed by atoms with Crippen molar-refractivity contribution in [3.8, 4) is 0 Å². The molecule has 1 saturated heterocycles. The third kappa shape index (κ3) is 3.96. The van der Waals surface area contributed by atoms with Gasteiger partial charge < -0.3 is 14.4 Å². The summed E-state index contributed by atoms with van der Waals surface area (Å²) in [7, 11) is 0. The fraction of sp³-hybridized carbons (Fsp3) is 0.692. The number of amides is 1. The van der Waals surface area contributed by atoms with Crippen LogP contribution in [-0.4, -0.2) is 46.5 Å². The summed E-state index contributed by atoms with van der Waals surface area (Å²) >= 11 is 0. The number of ether oxygens (including phenoxy) is 2. The SMILES string of the molecule is CC(C)(C)OC(=O)N1CCCOC(c2ccn[nH]2)C1. The van der Waals surface area contributed by atoms with Gasteiger partial charge in [0.05, 0.1) is 12.2 Å². The molecule has 1 aromatic rings. The predicted octanol–water partition coefficient (Wildman–Crippen LogP) is 2.11. The largest absolute Gasteiger partial charge is 0.444 e. The molecule has 106 valence electrons. The third-order valence-corrected chi connectivity index (χ3v) is 2.80. The fourth-order valence-corrected chi connectivity index (χ4v) is 1.95. The van der Waals surface area contributed by atoms with Gasteiger partial charge >= 0.3 is 6.09 Å². The second kappa shape index (κ2) is 5.61. The van der Waals surface area contributed by atoms with Crippen molar-refractivity contribution in [3.63, 3.8) is 0 Å². The Hall–Kier alpha value is -1.56. The van der Waals surface area contributed by atoms with Crippen LogP contribution in [0.15, 0.2) is 12.3 Å². The molecule has 1 fully saturated rings. The molecule has 0 aromatic carbocycles. The van der Waals surface area contributed by atoms with Gasteiger partial charge in [0.1, 0.15) is 11.7 Å². The van der Waals surface area contributed by atoms with Crippen molar-refractivity contribution in [2.45, 2.75) is 38.9 Å². The molecule has 0 spiro atoms. The molecule has 0 saturated carbocycles. The normalized spacial score (nSPS) is 21.0. The molecule has 1 unspecified atom stereocenters. The monoisotopic (exact) mass is 267 g/mol. The first-order valence-electron chi connectivity index (χ1n) is 6.54. The van der Waals surface area contributed by atoms with Gasteiger partial charge in [-0.15, -0.1) is 0 Å². The van der Waals surface area contributed by atoms with Crippen molar-refractivity contribution < 1.29 is 14.3 Å². The van der Waals surface area contributed by atoms with Crippen LogP contribution in [0.2, 0.25) is 0 Å². The highest BCUT2D eigenvalue weighted by Gasteiger charge is 2.27. The summed E-state index contributed by atoms with van der Waals surface area (Å²) in [6, 6.07) is 1.86. The van der Waals surface area contributed by atoms with Crippen LogP contribution in [0.25, 0.3) is 0 Å². The predicted molar refractivity (Wildman–Crippen MR) is 69.7 cm³/mol. The number of aromatic nitrogens is 2. The molecule has 0 bridgehead atoms. The molecular formula is C13H21N3O3. The molecule has 2 rings (SSSR count). The molecule has 0 radical (unpaired) electrons. The lowest BCUT2D eigenvalue weighted by Crippen LogP contribution is -2.38. The van der Waals surface area contributed by atoms with Gasteiger partial charge in [-0.25, -0.2) is 4.79 Å². The maximum atomic E-state index is 12.1. The fourth-order valence-electron chi connectivity index (χ4n) is 1.95. The van der Waals surface area contributed by atoms with E-state index < -0.39 is 5.60 Å². The van der Waals surface area contributed by atoms with Crippen molar-refractivity contribution in [3.05, 3.63) is 18.0 Å². The lowest BCUT2D eigenvalue weighted by molar-refractivity contribution is 0.0132. The van der Waals surface area contributed by atoms with Crippen molar-refractivity contribution in [1.29, 1.82) is 0 Å². The number of hydrogen-bond donors (Lipinski definition) is 1. The van der Waals surface area contributed by atoms with E-state index in [9.17, 15) is 4.79 Å². The van der Waals surface area contributed by atoms with Crippen LogP contribution in [0.3, 0.4) is 0 Å². The Bertz CT molecular complexity index is 411. The summed E-state index contributed by atoms with van der Waals surface area (Å²) in [6.45, 7) is 7.36. The molecule has 6 heteroatoms. The lowest BCUT2D eigenvalue weighted by atomic mass is 10.2. The van der Waals surface area contributed by atoms with E-state index in [1.54, 1.807) is 11.1 Å². The zero-order chi connectivity index (χ0) is 13.9. The average Bonchev–Trinajstić information content (AvgIpc) is 2.71. The molecule has 1 aromatic heterocycles. The van der Waals surface area contributed by atoms with E-state index in [1.807, 2.05) is 26.8 Å². The summed E-state index contributed by atoms with van der Waals surface area (Å²) in [4.78, 5) is 13.8. The maximum Gasteiger partial charge on any atom is 0.410 e. The van der Waals surface area contributed by atoms with Gasteiger partial charge in [-0.1, -0.05) is 0 Å². The number of aromatic amines is 1. The molecule has 6 nitrogen and oxygen atoms in total. The van der Waals surface area contributed by atoms with Gasteiger partial charge in [0, 0.05) is 19.3 Å². The summed E-state index contributed by atoms with van der Waals surface area (Å²) in [5.41, 5.74) is 0.406. The number of nitrogens with zero attached hydrogens (tertiary/aromatic N) is 2. The van der Waals surface area contributed by atoms with Crippen LogP contribution in [0.1, 0.15) is 39.0 Å². The molecule has 1 atom stereocenters. The van der Waals surface area contributed by atoms with Gasteiger partial charge in [-0.05, 0) is 33.3 Å². The van der Waals surface area contributed by atoms with E-state index in [0.29, 0.717) is 19.7 Å². The maximum absolute atomic E-state index is 12.1. The number of rotatable bonds is 1. The lowest BCUT2D eigenvalue weighted by Gasteiger charge is -2.27. The van der Waals surface area contributed by atoms with Gasteiger partial charge in [-0.2, -0.15) is 5.10 Å². The highest BCUT2D eigenvalue weighted by molar-refractivity contribution is 5.68. The number of hydrogen-bond acceptors (Lipinski definition) is 4. The van der Waals surface area contributed by atoms with E-state index in [0.717, 1.165) is 12.1 Å². The summed E-state index contributed by atoms with van der Waals surface area (Å²) < 4.78 is 11.1. The van der Waals surface area contributed by atoms with E-state index in [-0.39, 0.29) is 12.2 Å². The minimum absolute atomic E-state index is 0.169. The Labute approximate surface area is 113 Å². The molecule has 2 heterocycles. The summed E-state index contributed by atoms with van der Waals surface area (Å²) in [6.07, 6.45) is 2.03. The standard InChI is InChI=1S/C13H21N3O3/c1-13(2,3)19-12(17)16-7-4-8-18-11(9-16)10-5-6-14-15-10/h5-6,11H,4,7-9H2,1-3H3,(H,14,15). The first kappa shape index (κ1) is 13.9. The van der Waals surface area contributed by atoms with Crippen LogP contribution in [0.5, 0.6) is 0 Å². The van der Waals surface area contributed by atoms with E-state index in [2.05, 4.69) is 10.2 Å². The molecule has 0 aliphatic carbocycles. The Morgan fingerprint density at radius 3 is 3.00 bits per heavy atom. The van der Waals surface area contributed by atoms with E-state index in [4.69, 9.17) is 9.47 Å². The number of H-pyrrole nitrogens is 1. The first-order valence-corrected chi connectivity index (χ1v) is 6.54. The molecular weight excluding hydrogens is 246 g/mol. The molecule has 1 aliphatic heterocycles. The first-order chi connectivity index (χ1) is 8.96. The number of carbonyl (C=O) groups excluding carboxylic acids is 1. The van der Waals surface area contributed by atoms with Crippen molar-refractivity contribution in [1.82, 2.24) is 15.1 Å². The van der Waals surface area contributed by atoms with Crippen LogP contribution in [0, 0.1) is 0 Å². The van der Waals surface area contributed by atoms with Gasteiger partial charge in [0.25, 0.3) is 0 Å². The smallest absolute Gasteiger partial charge is 0.410 e. The van der Waals surface area contributed by atoms with E-state index in [1.165, 1.54) is 0 Å². The second-order valence-electron chi connectivity index (χ2n) is 5.65. The molecule has 19 heavy (non-hydrogen) atoms. The van der Waals surface area contributed by atoms with E-state index >= 15 is 0 Å². The third-order valence-electron chi connectivity index (χ3n) is 2.80. The molecule has 1 amide bonds. The van der Waals surface area contributed by atoms with Crippen LogP contribution >= 0.6 is 0 Å². The Balaban J connectivity index is 2.02. The highest BCUT2D eigenvalue weighted by atomic mass is 16.6. The minimum atomic E-state index is -0.478. The topological polar surface area (TPSA) is 67.4 Å². The average molecular weight is 267 g/mol. The quantitative estimate of drug-likeness (QED) is 0.846. The summed E-state index contributed by atoms with van der Waals surface area (Å²) in [5.74, 6) is 0. The van der Waals surface area contributed by atoms with Crippen molar-refractivity contribution in [2.24, 2.45) is 0 Å². The zero-order valence-electron chi connectivity index (χ0n) is 11.7. The molecule has 1 N–H and O–H groups in total. The van der Waals surface area contributed by atoms with Crippen LogP contribution < -0.4 is 0 Å². The van der Waals surface area contributed by atoms with Gasteiger partial charge in [-0.3, -0.25) is 5.10 Å². The van der Waals surface area contributed by atoms with Crippen molar-refractivity contribution >= 4 is 6.09 Å². The Morgan fingerprint density at radius 2 is 2.37 bits per heavy atom. The summed E-state index contributed by atoms with van der Waals surface area (Å²) in [5, 5.41) is 6.81. The van der Waals surface area contributed by atoms with Gasteiger partial charge in [0.2, 0.25) is 0 Å². The number of nitrogens with one attached hydrogen (secondary N) is 1. The highest BCUT2D eigenvalue weighted by Crippen LogP contribution is 2.21. The Kier molecular flexibility index (Phi) is 4.09. The van der Waals surface area contributed by atoms with Crippen molar-refractivity contribution in [2.75, 3.05) is 19.7 Å². The second-order valence-corrected chi connectivity index (χ2v) is 5.65. The minimum Gasteiger partial charge on any atom is -0.444 e. The van der Waals surface area contributed by atoms with Crippen LogP contribution in [-0.2, 0) is 9.47 Å². The molecule has 1 aliphatic rings. The van der Waals surface area contributed by atoms with Gasteiger partial charge in [0.15, 0.2) is 0 Å². The zero-order valence-corrected chi connectivity index (χ0v) is 11.7. The van der Waals surface area contributed by atoms with Crippen LogP contribution in [0.4, 0.5) is 4.79 Å².